The van der Waals surface area contributed by atoms with Gasteiger partial charge in [0, 0.05) is 57.8 Å². The van der Waals surface area contributed by atoms with Crippen molar-refractivity contribution in [2.24, 2.45) is 0 Å². The van der Waals surface area contributed by atoms with Crippen molar-refractivity contribution >= 4 is 183 Å². The highest BCUT2D eigenvalue weighted by atomic mass is 32.1. The van der Waals surface area contributed by atoms with Gasteiger partial charge < -0.3 is 9.80 Å². The van der Waals surface area contributed by atoms with E-state index in [1.807, 2.05) is 22.7 Å². The number of benzene rings is 19. The van der Waals surface area contributed by atoms with E-state index in [-0.39, 0.29) is 0 Å². The van der Waals surface area contributed by atoms with Crippen molar-refractivity contribution in [3.63, 3.8) is 0 Å². The van der Waals surface area contributed by atoms with Crippen LogP contribution in [-0.4, -0.2) is 0 Å². The maximum Gasteiger partial charge on any atom is 0.0640 e. The fourth-order valence-electron chi connectivity index (χ4n) is 16.8. The van der Waals surface area contributed by atoms with Crippen LogP contribution in [0.4, 0.5) is 34.1 Å². The zero-order chi connectivity index (χ0) is 66.9. The molecule has 2 aromatic heterocycles. The van der Waals surface area contributed by atoms with Gasteiger partial charge in [-0.3, -0.25) is 0 Å². The van der Waals surface area contributed by atoms with Crippen molar-refractivity contribution in [1.29, 1.82) is 0 Å². The maximum absolute atomic E-state index is 2.53. The average Bonchev–Trinajstić information content (AvgIpc) is 1.22. The van der Waals surface area contributed by atoms with Crippen LogP contribution in [0.5, 0.6) is 0 Å². The molecule has 0 saturated carbocycles. The van der Waals surface area contributed by atoms with Gasteiger partial charge in [-0.05, 0) is 193 Å². The second-order valence-corrected chi connectivity index (χ2v) is 29.0. The maximum atomic E-state index is 2.53. The van der Waals surface area contributed by atoms with Crippen molar-refractivity contribution in [1.82, 2.24) is 0 Å². The first-order chi connectivity index (χ1) is 50.6. The van der Waals surface area contributed by atoms with Gasteiger partial charge in [0.25, 0.3) is 0 Å². The predicted octanol–water partition coefficient (Wildman–Crippen LogP) is 29.3. The van der Waals surface area contributed by atoms with Gasteiger partial charge >= 0.3 is 0 Å². The standard InChI is InChI=1S/C98H60N2S2/c1-2-20-61(21-3-1)63-49-51-72-66(58-63)50-53-84-80-38-16-41-90(85(80)57-55-82(72)84)99(92-43-19-47-96-97(92)89-29-7-9-46-95(89)101-96)67-25-10-23-64(59-67)70-30-12-34-75-73(70)32-14-36-77(75)78-37-15-33-74-71(31-13-35-76(74)78)65-24-11-26-68(60-65)100(93-44-18-40-88-87-28-6-8-45-94(87)102-98(88)93)91-42-17-39-79-83-52-48-62-22-4-5-27-69(62)81(83)54-56-86(79)91/h1-60H. The minimum atomic E-state index is 1.09. The molecule has 0 spiro atoms. The van der Waals surface area contributed by atoms with Crippen LogP contribution in [-0.2, 0) is 0 Å². The van der Waals surface area contributed by atoms with Crippen molar-refractivity contribution in [2.75, 3.05) is 9.80 Å². The highest BCUT2D eigenvalue weighted by Gasteiger charge is 2.25. The Morgan fingerprint density at radius 3 is 1.22 bits per heavy atom. The Morgan fingerprint density at radius 2 is 0.569 bits per heavy atom. The van der Waals surface area contributed by atoms with E-state index >= 15 is 0 Å². The molecule has 0 aliphatic heterocycles. The van der Waals surface area contributed by atoms with Gasteiger partial charge in [0.1, 0.15) is 0 Å². The Bertz CT molecular complexity index is 7040. The molecular weight excluding hydrogens is 1270 g/mol. The van der Waals surface area contributed by atoms with E-state index in [1.165, 1.54) is 160 Å². The molecule has 0 bridgehead atoms. The fraction of sp³-hybridized carbons (Fsp3) is 0. The monoisotopic (exact) mass is 1330 g/mol. The van der Waals surface area contributed by atoms with E-state index in [4.69, 9.17) is 0 Å². The molecule has 2 heterocycles. The van der Waals surface area contributed by atoms with Crippen LogP contribution in [0.25, 0.3) is 171 Å². The molecule has 21 aromatic rings. The minimum Gasteiger partial charge on any atom is -0.309 e. The molecule has 4 heteroatoms. The molecule has 0 saturated heterocycles. The number of anilines is 6. The van der Waals surface area contributed by atoms with Crippen LogP contribution in [0.3, 0.4) is 0 Å². The second kappa shape index (κ2) is 23.5. The lowest BCUT2D eigenvalue weighted by Crippen LogP contribution is -2.11. The first-order valence-electron chi connectivity index (χ1n) is 35.0. The largest absolute Gasteiger partial charge is 0.309 e. The van der Waals surface area contributed by atoms with Gasteiger partial charge in [0.05, 0.1) is 27.4 Å². The van der Waals surface area contributed by atoms with Crippen LogP contribution < -0.4 is 9.80 Å². The zero-order valence-corrected chi connectivity index (χ0v) is 57.0. The summed E-state index contributed by atoms with van der Waals surface area (Å²) >= 11 is 3.74. The summed E-state index contributed by atoms with van der Waals surface area (Å²) in [5.74, 6) is 0. The third-order valence-corrected chi connectivity index (χ3v) is 23.8. The lowest BCUT2D eigenvalue weighted by Gasteiger charge is -2.28. The highest BCUT2D eigenvalue weighted by Crippen LogP contribution is 2.52. The SMILES string of the molecule is c1ccc(-c2ccc3c(ccc4c5cccc(N(c6cccc(-c7cccc8c(-c9cccc%10c(-c%11cccc(N(c%12cccc%13c%12ccc%12c%14ccccc%14ccc%13%12)c%12cccc%13c%12sc%12ccccc%12%13)c%11)cccc9%10)cccc78)c6)c6cccc7sc8ccccc8c67)c5ccc34)c2)cc1. The van der Waals surface area contributed by atoms with Gasteiger partial charge in [-0.1, -0.05) is 291 Å². The predicted molar refractivity (Wildman–Crippen MR) is 443 cm³/mol. The second-order valence-electron chi connectivity index (χ2n) is 26.9. The van der Waals surface area contributed by atoms with E-state index in [0.29, 0.717) is 0 Å². The zero-order valence-electron chi connectivity index (χ0n) is 55.4. The van der Waals surface area contributed by atoms with Crippen LogP contribution in [0.1, 0.15) is 0 Å². The third-order valence-electron chi connectivity index (χ3n) is 21.4. The Balaban J connectivity index is 0.688. The highest BCUT2D eigenvalue weighted by molar-refractivity contribution is 7.26. The fourth-order valence-corrected chi connectivity index (χ4v) is 19.2. The number of nitrogens with zero attached hydrogens (tertiary/aromatic N) is 2. The molecule has 0 aliphatic carbocycles. The quantitative estimate of drug-likeness (QED) is 0.126. The van der Waals surface area contributed by atoms with Crippen molar-refractivity contribution in [2.45, 2.75) is 0 Å². The topological polar surface area (TPSA) is 6.48 Å². The number of fused-ring (bicyclic) bond motifs is 18. The van der Waals surface area contributed by atoms with E-state index in [2.05, 4.69) is 374 Å². The lowest BCUT2D eigenvalue weighted by atomic mass is 9.89. The van der Waals surface area contributed by atoms with E-state index in [9.17, 15) is 0 Å². The summed E-state index contributed by atoms with van der Waals surface area (Å²) in [5.41, 5.74) is 16.3. The van der Waals surface area contributed by atoms with Crippen molar-refractivity contribution < 1.29 is 0 Å². The molecule has 0 aliphatic rings. The Morgan fingerprint density at radius 1 is 0.176 bits per heavy atom. The third kappa shape index (κ3) is 9.24. The molecule has 0 unspecified atom stereocenters. The van der Waals surface area contributed by atoms with Gasteiger partial charge in [-0.2, -0.15) is 0 Å². The molecular formula is C98H60N2S2. The Hall–Kier alpha value is -12.7. The van der Waals surface area contributed by atoms with Crippen LogP contribution >= 0.6 is 22.7 Å². The summed E-state index contributed by atoms with van der Waals surface area (Å²) in [6.07, 6.45) is 0. The van der Waals surface area contributed by atoms with E-state index in [0.717, 1.165) is 45.3 Å². The number of thiophene rings is 2. The summed E-state index contributed by atoms with van der Waals surface area (Å²) in [6.45, 7) is 0. The van der Waals surface area contributed by atoms with E-state index in [1.54, 1.807) is 0 Å². The summed E-state index contributed by atoms with van der Waals surface area (Å²) in [7, 11) is 0. The van der Waals surface area contributed by atoms with Gasteiger partial charge in [-0.15, -0.1) is 22.7 Å². The first kappa shape index (κ1) is 58.3. The summed E-state index contributed by atoms with van der Waals surface area (Å²) < 4.78 is 5.09. The molecule has 0 amide bonds. The van der Waals surface area contributed by atoms with Gasteiger partial charge in [0.15, 0.2) is 0 Å². The summed E-state index contributed by atoms with van der Waals surface area (Å²) in [5, 5.41) is 24.8. The summed E-state index contributed by atoms with van der Waals surface area (Å²) in [4.78, 5) is 5.05. The van der Waals surface area contributed by atoms with Crippen LogP contribution in [0.15, 0.2) is 364 Å². The Kier molecular flexibility index (Phi) is 13.4. The number of hydrogen-bond acceptors (Lipinski definition) is 4. The molecule has 102 heavy (non-hydrogen) atoms. The van der Waals surface area contributed by atoms with Crippen molar-refractivity contribution in [3.8, 4) is 44.5 Å². The number of rotatable bonds is 10. The molecule has 0 N–H and O–H groups in total. The van der Waals surface area contributed by atoms with Crippen LogP contribution in [0.2, 0.25) is 0 Å². The molecule has 2 nitrogen and oxygen atoms in total. The lowest BCUT2D eigenvalue weighted by molar-refractivity contribution is 1.32. The molecule has 474 valence electrons. The normalized spacial score (nSPS) is 11.9. The molecule has 21 rings (SSSR count). The van der Waals surface area contributed by atoms with Gasteiger partial charge in [-0.25, -0.2) is 0 Å². The van der Waals surface area contributed by atoms with E-state index < -0.39 is 0 Å². The Labute approximate surface area is 597 Å². The molecule has 0 fully saturated rings. The van der Waals surface area contributed by atoms with Crippen molar-refractivity contribution in [3.05, 3.63) is 364 Å². The summed E-state index contributed by atoms with van der Waals surface area (Å²) in [6, 6.07) is 136. The van der Waals surface area contributed by atoms with Crippen LogP contribution in [0, 0.1) is 0 Å². The average molecular weight is 1330 g/mol. The van der Waals surface area contributed by atoms with Gasteiger partial charge in [0.2, 0.25) is 0 Å². The smallest absolute Gasteiger partial charge is 0.0640 e. The first-order valence-corrected chi connectivity index (χ1v) is 36.7. The molecule has 0 atom stereocenters. The molecule has 0 radical (unpaired) electrons. The minimum absolute atomic E-state index is 1.09. The molecule has 19 aromatic carbocycles. The number of hydrogen-bond donors (Lipinski definition) is 0.